The van der Waals surface area contributed by atoms with Crippen LogP contribution in [0.5, 0.6) is 0 Å². The van der Waals surface area contributed by atoms with Gasteiger partial charge >= 0.3 is 5.97 Å². The molecule has 0 amide bonds. The first-order chi connectivity index (χ1) is 8.59. The maximum absolute atomic E-state index is 10.7. The van der Waals surface area contributed by atoms with Gasteiger partial charge in [-0.05, 0) is 26.7 Å². The molecule has 18 heavy (non-hydrogen) atoms. The van der Waals surface area contributed by atoms with Crippen molar-refractivity contribution in [2.45, 2.75) is 85.0 Å². The average molecular weight is 254 g/mol. The number of carboxylic acid groups (broad SMARTS) is 1. The van der Waals surface area contributed by atoms with Crippen molar-refractivity contribution in [2.24, 2.45) is 0 Å². The van der Waals surface area contributed by atoms with E-state index in [-0.39, 0.29) is 0 Å². The predicted octanol–water partition coefficient (Wildman–Crippen LogP) is 5.33. The second-order valence-electron chi connectivity index (χ2n) is 5.29. The Morgan fingerprint density at radius 1 is 0.833 bits per heavy atom. The fraction of sp³-hybridized carbons (Fsp3) is 0.812. The van der Waals surface area contributed by atoms with Gasteiger partial charge in [0, 0.05) is 5.57 Å². The lowest BCUT2D eigenvalue weighted by atomic mass is 10.0. The highest BCUT2D eigenvalue weighted by atomic mass is 16.4. The molecule has 0 aliphatic rings. The van der Waals surface area contributed by atoms with E-state index in [1.807, 2.05) is 6.92 Å². The average Bonchev–Trinajstić information content (AvgIpc) is 2.35. The number of aliphatic carboxylic acids is 1. The Morgan fingerprint density at radius 2 is 1.28 bits per heavy atom. The van der Waals surface area contributed by atoms with Gasteiger partial charge in [-0.3, -0.25) is 0 Å². The molecule has 0 radical (unpaired) electrons. The third-order valence-electron chi connectivity index (χ3n) is 3.62. The van der Waals surface area contributed by atoms with Crippen molar-refractivity contribution < 1.29 is 9.90 Å². The fourth-order valence-corrected chi connectivity index (χ4v) is 2.07. The van der Waals surface area contributed by atoms with Crippen molar-refractivity contribution in [3.63, 3.8) is 0 Å². The third kappa shape index (κ3) is 9.26. The molecule has 106 valence electrons. The zero-order valence-corrected chi connectivity index (χ0v) is 12.4. The molecule has 2 nitrogen and oxygen atoms in total. The van der Waals surface area contributed by atoms with Gasteiger partial charge in [0.1, 0.15) is 0 Å². The van der Waals surface area contributed by atoms with Gasteiger partial charge < -0.3 is 5.11 Å². The molecule has 0 atom stereocenters. The van der Waals surface area contributed by atoms with Gasteiger partial charge in [0.15, 0.2) is 0 Å². The lowest BCUT2D eigenvalue weighted by molar-refractivity contribution is -0.132. The Kier molecular flexibility index (Phi) is 10.8. The van der Waals surface area contributed by atoms with Crippen LogP contribution >= 0.6 is 0 Å². The van der Waals surface area contributed by atoms with Gasteiger partial charge in [0.25, 0.3) is 0 Å². The molecule has 0 saturated carbocycles. The van der Waals surface area contributed by atoms with E-state index in [0.29, 0.717) is 5.57 Å². The first-order valence-electron chi connectivity index (χ1n) is 7.49. The van der Waals surface area contributed by atoms with Gasteiger partial charge in [-0.2, -0.15) is 0 Å². The minimum Gasteiger partial charge on any atom is -0.478 e. The minimum atomic E-state index is -0.775. The Bertz CT molecular complexity index is 254. The fourth-order valence-electron chi connectivity index (χ4n) is 2.07. The molecule has 0 aromatic carbocycles. The summed E-state index contributed by atoms with van der Waals surface area (Å²) in [6, 6.07) is 0. The van der Waals surface area contributed by atoms with Crippen molar-refractivity contribution in [3.05, 3.63) is 11.1 Å². The zero-order valence-electron chi connectivity index (χ0n) is 12.4. The summed E-state index contributed by atoms with van der Waals surface area (Å²) >= 11 is 0. The number of hydrogen-bond donors (Lipinski definition) is 1. The first-order valence-corrected chi connectivity index (χ1v) is 7.49. The van der Waals surface area contributed by atoms with E-state index in [4.69, 9.17) is 5.11 Å². The molecule has 0 rings (SSSR count). The Morgan fingerprint density at radius 3 is 1.72 bits per heavy atom. The standard InChI is InChI=1S/C16H30O2/c1-4-5-6-7-8-9-10-11-12-13-14(2)15(3)16(17)18/h4-13H2,1-3H3,(H,17,18)/b15-14-. The summed E-state index contributed by atoms with van der Waals surface area (Å²) in [6.07, 6.45) is 12.8. The summed E-state index contributed by atoms with van der Waals surface area (Å²) in [6.45, 7) is 5.88. The highest BCUT2D eigenvalue weighted by Crippen LogP contribution is 2.15. The van der Waals surface area contributed by atoms with E-state index in [1.54, 1.807) is 6.92 Å². The number of carbonyl (C=O) groups is 1. The number of unbranched alkanes of at least 4 members (excludes halogenated alkanes) is 8. The Labute approximate surface area is 112 Å². The molecule has 0 spiro atoms. The highest BCUT2D eigenvalue weighted by molar-refractivity contribution is 5.86. The van der Waals surface area contributed by atoms with Crippen molar-refractivity contribution in [2.75, 3.05) is 0 Å². The topological polar surface area (TPSA) is 37.3 Å². The van der Waals surface area contributed by atoms with Gasteiger partial charge in [-0.25, -0.2) is 4.79 Å². The van der Waals surface area contributed by atoms with E-state index in [0.717, 1.165) is 18.4 Å². The lowest BCUT2D eigenvalue weighted by Crippen LogP contribution is -1.99. The largest absolute Gasteiger partial charge is 0.478 e. The molecule has 0 aliphatic heterocycles. The zero-order chi connectivity index (χ0) is 13.8. The Hall–Kier alpha value is -0.790. The maximum atomic E-state index is 10.7. The Balaban J connectivity index is 3.41. The van der Waals surface area contributed by atoms with E-state index in [9.17, 15) is 4.79 Å². The number of carboxylic acids is 1. The van der Waals surface area contributed by atoms with Crippen LogP contribution < -0.4 is 0 Å². The van der Waals surface area contributed by atoms with E-state index in [2.05, 4.69) is 6.92 Å². The molecule has 0 unspecified atom stereocenters. The van der Waals surface area contributed by atoms with Crippen LogP contribution in [0.15, 0.2) is 11.1 Å². The molecular weight excluding hydrogens is 224 g/mol. The van der Waals surface area contributed by atoms with Gasteiger partial charge in [0.2, 0.25) is 0 Å². The van der Waals surface area contributed by atoms with Crippen LogP contribution in [0.4, 0.5) is 0 Å². The molecule has 1 N–H and O–H groups in total. The SMILES string of the molecule is CCCCCCCCCCC/C(C)=C(/C)C(=O)O. The summed E-state index contributed by atoms with van der Waals surface area (Å²) in [5, 5.41) is 8.84. The minimum absolute atomic E-state index is 0.523. The van der Waals surface area contributed by atoms with Crippen molar-refractivity contribution in [1.82, 2.24) is 0 Å². The molecule has 0 aromatic heterocycles. The third-order valence-corrected chi connectivity index (χ3v) is 3.62. The van der Waals surface area contributed by atoms with Crippen molar-refractivity contribution >= 4 is 5.97 Å². The molecular formula is C16H30O2. The summed E-state index contributed by atoms with van der Waals surface area (Å²) in [4.78, 5) is 10.7. The van der Waals surface area contributed by atoms with Crippen LogP contribution in [0.2, 0.25) is 0 Å². The summed E-state index contributed by atoms with van der Waals surface area (Å²) in [5.41, 5.74) is 1.56. The quantitative estimate of drug-likeness (QED) is 0.400. The van der Waals surface area contributed by atoms with E-state index < -0.39 is 5.97 Å². The van der Waals surface area contributed by atoms with E-state index >= 15 is 0 Å². The summed E-state index contributed by atoms with van der Waals surface area (Å²) in [7, 11) is 0. The number of allylic oxidation sites excluding steroid dienone is 1. The molecule has 0 heterocycles. The van der Waals surface area contributed by atoms with Crippen LogP contribution in [-0.2, 0) is 4.79 Å². The van der Waals surface area contributed by atoms with Gasteiger partial charge in [-0.15, -0.1) is 0 Å². The highest BCUT2D eigenvalue weighted by Gasteiger charge is 2.04. The smallest absolute Gasteiger partial charge is 0.331 e. The molecule has 2 heteroatoms. The van der Waals surface area contributed by atoms with Crippen molar-refractivity contribution in [3.8, 4) is 0 Å². The number of rotatable bonds is 11. The monoisotopic (exact) mass is 254 g/mol. The summed E-state index contributed by atoms with van der Waals surface area (Å²) in [5.74, 6) is -0.775. The van der Waals surface area contributed by atoms with Crippen LogP contribution in [0.25, 0.3) is 0 Å². The van der Waals surface area contributed by atoms with Crippen LogP contribution in [0, 0.1) is 0 Å². The normalized spacial score (nSPS) is 12.4. The number of hydrogen-bond acceptors (Lipinski definition) is 1. The maximum Gasteiger partial charge on any atom is 0.331 e. The van der Waals surface area contributed by atoms with E-state index in [1.165, 1.54) is 51.4 Å². The molecule has 0 saturated heterocycles. The van der Waals surface area contributed by atoms with Gasteiger partial charge in [-0.1, -0.05) is 63.9 Å². The summed E-state index contributed by atoms with van der Waals surface area (Å²) < 4.78 is 0. The molecule has 0 aromatic rings. The predicted molar refractivity (Wildman–Crippen MR) is 77.9 cm³/mol. The molecule has 0 bridgehead atoms. The van der Waals surface area contributed by atoms with Crippen LogP contribution in [0.1, 0.15) is 85.0 Å². The van der Waals surface area contributed by atoms with Crippen LogP contribution in [0.3, 0.4) is 0 Å². The second kappa shape index (κ2) is 11.3. The molecule has 0 aliphatic carbocycles. The lowest BCUT2D eigenvalue weighted by Gasteiger charge is -2.04. The van der Waals surface area contributed by atoms with Gasteiger partial charge in [0.05, 0.1) is 0 Å². The molecule has 0 fully saturated rings. The first kappa shape index (κ1) is 17.2. The second-order valence-corrected chi connectivity index (χ2v) is 5.29. The van der Waals surface area contributed by atoms with Crippen molar-refractivity contribution in [1.29, 1.82) is 0 Å². The van der Waals surface area contributed by atoms with Crippen LogP contribution in [-0.4, -0.2) is 11.1 Å².